The molecule has 0 N–H and O–H groups in total. The topological polar surface area (TPSA) is 39.7 Å². The Kier molecular flexibility index (Phi) is 4.67. The maximum atomic E-state index is 13.8. The lowest BCUT2D eigenvalue weighted by Crippen LogP contribution is -2.41. The van der Waals surface area contributed by atoms with Gasteiger partial charge in [0.1, 0.15) is 10.8 Å². The molecule has 0 aliphatic carbocycles. The molecule has 0 spiro atoms. The molecule has 0 radical (unpaired) electrons. The molecule has 3 heterocycles. The van der Waals surface area contributed by atoms with Gasteiger partial charge in [-0.15, -0.1) is 11.3 Å². The van der Waals surface area contributed by atoms with Gasteiger partial charge in [-0.25, -0.2) is 14.2 Å². The van der Waals surface area contributed by atoms with E-state index in [4.69, 9.17) is 0 Å². The fourth-order valence-electron chi connectivity index (χ4n) is 4.36. The molecule has 138 valence electrons. The van der Waals surface area contributed by atoms with Gasteiger partial charge in [0, 0.05) is 51.2 Å². The zero-order valence-corrected chi connectivity index (χ0v) is 15.8. The van der Waals surface area contributed by atoms with Crippen molar-refractivity contribution in [3.8, 4) is 0 Å². The zero-order valence-electron chi connectivity index (χ0n) is 15.0. The van der Waals surface area contributed by atoms with Gasteiger partial charge < -0.3 is 9.80 Å². The number of fused-ring (bicyclic) bond motifs is 1. The maximum Gasteiger partial charge on any atom is 0.320 e. The fourth-order valence-corrected chi connectivity index (χ4v) is 5.02. The maximum absolute atomic E-state index is 13.8. The summed E-state index contributed by atoms with van der Waals surface area (Å²) in [6.45, 7) is 3.43. The van der Waals surface area contributed by atoms with Gasteiger partial charge in [0.15, 0.2) is 0 Å². The SMILES string of the molecule is CN(C)C(=O)N1C[C@H]2CN(Cc3nccs3)C[C@H]2[C@H]1c1cccc(F)c1. The highest BCUT2D eigenvalue weighted by Crippen LogP contribution is 2.45. The fraction of sp³-hybridized carbons (Fsp3) is 0.474. The lowest BCUT2D eigenvalue weighted by molar-refractivity contribution is 0.151. The number of urea groups is 1. The highest BCUT2D eigenvalue weighted by atomic mass is 32.1. The van der Waals surface area contributed by atoms with Crippen LogP contribution >= 0.6 is 11.3 Å². The summed E-state index contributed by atoms with van der Waals surface area (Å²) in [6, 6.07) is 6.63. The Morgan fingerprint density at radius 1 is 1.35 bits per heavy atom. The Labute approximate surface area is 157 Å². The molecule has 1 aromatic heterocycles. The van der Waals surface area contributed by atoms with E-state index >= 15 is 0 Å². The van der Waals surface area contributed by atoms with Crippen molar-refractivity contribution in [1.82, 2.24) is 19.7 Å². The number of likely N-dealkylation sites (tertiary alicyclic amines) is 2. The van der Waals surface area contributed by atoms with Crippen LogP contribution in [-0.2, 0) is 6.54 Å². The average Bonchev–Trinajstić information content (AvgIpc) is 3.30. The molecule has 0 saturated carbocycles. The van der Waals surface area contributed by atoms with Crippen molar-refractivity contribution in [3.05, 3.63) is 52.2 Å². The van der Waals surface area contributed by atoms with Gasteiger partial charge in [-0.3, -0.25) is 4.90 Å². The second-order valence-electron chi connectivity index (χ2n) is 7.37. The molecule has 2 saturated heterocycles. The number of aromatic nitrogens is 1. The Morgan fingerprint density at radius 3 is 2.88 bits per heavy atom. The predicted molar refractivity (Wildman–Crippen MR) is 99.3 cm³/mol. The smallest absolute Gasteiger partial charge is 0.320 e. The van der Waals surface area contributed by atoms with Gasteiger partial charge >= 0.3 is 6.03 Å². The molecule has 3 atom stereocenters. The summed E-state index contributed by atoms with van der Waals surface area (Å²) >= 11 is 1.67. The number of rotatable bonds is 3. The Balaban J connectivity index is 1.59. The van der Waals surface area contributed by atoms with E-state index in [9.17, 15) is 9.18 Å². The van der Waals surface area contributed by atoms with E-state index in [2.05, 4.69) is 9.88 Å². The lowest BCUT2D eigenvalue weighted by atomic mass is 9.89. The van der Waals surface area contributed by atoms with Crippen LogP contribution in [-0.4, -0.2) is 59.4 Å². The van der Waals surface area contributed by atoms with Crippen LogP contribution in [0, 0.1) is 17.7 Å². The number of hydrogen-bond donors (Lipinski definition) is 0. The van der Waals surface area contributed by atoms with Crippen molar-refractivity contribution in [2.45, 2.75) is 12.6 Å². The molecule has 2 aromatic rings. The monoisotopic (exact) mass is 374 g/mol. The molecular formula is C19H23FN4OS. The third-order valence-electron chi connectivity index (χ3n) is 5.40. The number of halogens is 1. The highest BCUT2D eigenvalue weighted by Gasteiger charge is 2.49. The minimum Gasteiger partial charge on any atom is -0.331 e. The first-order chi connectivity index (χ1) is 12.5. The minimum absolute atomic E-state index is 0.000125. The summed E-state index contributed by atoms with van der Waals surface area (Å²) in [5, 5.41) is 3.12. The minimum atomic E-state index is -0.249. The molecule has 2 amide bonds. The first kappa shape index (κ1) is 17.4. The van der Waals surface area contributed by atoms with E-state index in [1.54, 1.807) is 42.5 Å². The van der Waals surface area contributed by atoms with Crippen molar-refractivity contribution >= 4 is 17.4 Å². The molecule has 7 heteroatoms. The van der Waals surface area contributed by atoms with Crippen LogP contribution in [0.25, 0.3) is 0 Å². The quantitative estimate of drug-likeness (QED) is 0.829. The Morgan fingerprint density at radius 2 is 2.19 bits per heavy atom. The number of carbonyl (C=O) groups excluding carboxylic acids is 1. The summed E-state index contributed by atoms with van der Waals surface area (Å²) in [6.07, 6.45) is 1.84. The number of hydrogen-bond acceptors (Lipinski definition) is 4. The van der Waals surface area contributed by atoms with Gasteiger partial charge in [-0.1, -0.05) is 12.1 Å². The second kappa shape index (κ2) is 6.96. The molecule has 26 heavy (non-hydrogen) atoms. The summed E-state index contributed by atoms with van der Waals surface area (Å²) in [5.74, 6) is 0.480. The average molecular weight is 374 g/mol. The Hall–Kier alpha value is -1.99. The summed E-state index contributed by atoms with van der Waals surface area (Å²) in [7, 11) is 3.54. The van der Waals surface area contributed by atoms with E-state index < -0.39 is 0 Å². The van der Waals surface area contributed by atoms with Crippen molar-refractivity contribution in [1.29, 1.82) is 0 Å². The highest BCUT2D eigenvalue weighted by molar-refractivity contribution is 7.09. The molecular weight excluding hydrogens is 351 g/mol. The van der Waals surface area contributed by atoms with Crippen molar-refractivity contribution in [2.75, 3.05) is 33.7 Å². The first-order valence-electron chi connectivity index (χ1n) is 8.87. The molecule has 0 unspecified atom stereocenters. The summed E-state index contributed by atoms with van der Waals surface area (Å²) < 4.78 is 13.8. The third-order valence-corrected chi connectivity index (χ3v) is 6.16. The van der Waals surface area contributed by atoms with Gasteiger partial charge in [-0.05, 0) is 23.6 Å². The number of nitrogens with zero attached hydrogens (tertiary/aromatic N) is 4. The normalized spacial score (nSPS) is 25.5. The summed E-state index contributed by atoms with van der Waals surface area (Å²) in [4.78, 5) is 23.1. The Bertz CT molecular complexity index is 782. The van der Waals surface area contributed by atoms with Crippen LogP contribution in [0.3, 0.4) is 0 Å². The third kappa shape index (κ3) is 3.21. The molecule has 2 fully saturated rings. The number of benzene rings is 1. The van der Waals surface area contributed by atoms with Gasteiger partial charge in [-0.2, -0.15) is 0 Å². The molecule has 4 rings (SSSR count). The van der Waals surface area contributed by atoms with E-state index in [0.29, 0.717) is 11.8 Å². The number of carbonyl (C=O) groups is 1. The standard InChI is InChI=1S/C19H23FN4OS/c1-22(2)19(25)24-10-14-9-23(12-17-21-6-7-26-17)11-16(14)18(24)13-4-3-5-15(20)8-13/h3-8,14,16,18H,9-12H2,1-2H3/t14-,16-,18-/m1/s1. The van der Waals surface area contributed by atoms with Gasteiger partial charge in [0.25, 0.3) is 0 Å². The van der Waals surface area contributed by atoms with E-state index in [1.165, 1.54) is 6.07 Å². The van der Waals surface area contributed by atoms with Crippen LogP contribution in [0.1, 0.15) is 16.6 Å². The predicted octanol–water partition coefficient (Wildman–Crippen LogP) is 3.07. The van der Waals surface area contributed by atoms with Crippen molar-refractivity contribution in [2.24, 2.45) is 11.8 Å². The van der Waals surface area contributed by atoms with E-state index in [0.717, 1.165) is 36.8 Å². The first-order valence-corrected chi connectivity index (χ1v) is 9.75. The molecule has 2 aliphatic rings. The molecule has 1 aromatic carbocycles. The molecule has 0 bridgehead atoms. The van der Waals surface area contributed by atoms with Crippen molar-refractivity contribution < 1.29 is 9.18 Å². The largest absolute Gasteiger partial charge is 0.331 e. The van der Waals surface area contributed by atoms with E-state index in [1.807, 2.05) is 22.5 Å². The molecule has 5 nitrogen and oxygen atoms in total. The zero-order chi connectivity index (χ0) is 18.3. The van der Waals surface area contributed by atoms with Crippen LogP contribution in [0.15, 0.2) is 35.8 Å². The molecule has 2 aliphatic heterocycles. The van der Waals surface area contributed by atoms with Gasteiger partial charge in [0.2, 0.25) is 0 Å². The number of amides is 2. The van der Waals surface area contributed by atoms with Crippen LogP contribution in [0.2, 0.25) is 0 Å². The van der Waals surface area contributed by atoms with Crippen LogP contribution in [0.5, 0.6) is 0 Å². The van der Waals surface area contributed by atoms with Crippen LogP contribution in [0.4, 0.5) is 9.18 Å². The van der Waals surface area contributed by atoms with Gasteiger partial charge in [0.05, 0.1) is 12.6 Å². The van der Waals surface area contributed by atoms with Crippen LogP contribution < -0.4 is 0 Å². The second-order valence-corrected chi connectivity index (χ2v) is 8.35. The lowest BCUT2D eigenvalue weighted by Gasteiger charge is -2.31. The van der Waals surface area contributed by atoms with Crippen molar-refractivity contribution in [3.63, 3.8) is 0 Å². The summed E-state index contributed by atoms with van der Waals surface area (Å²) in [5.41, 5.74) is 0.892. The van der Waals surface area contributed by atoms with E-state index in [-0.39, 0.29) is 17.9 Å². The number of thiazole rings is 1.